The maximum absolute atomic E-state index is 6.08. The van der Waals surface area contributed by atoms with Crippen LogP contribution in [-0.4, -0.2) is 16.3 Å². The Kier molecular flexibility index (Phi) is 5.49. The number of likely N-dealkylation sites (N-methyl/N-ethyl adjacent to an activating group) is 1. The highest BCUT2D eigenvalue weighted by atomic mass is 79.9. The normalized spacial score (nSPS) is 12.7. The summed E-state index contributed by atoms with van der Waals surface area (Å²) in [5.41, 5.74) is 2.26. The summed E-state index contributed by atoms with van der Waals surface area (Å²) < 4.78 is 2.89. The summed E-state index contributed by atoms with van der Waals surface area (Å²) in [6.07, 6.45) is 2.64. The molecule has 1 N–H and O–H groups in total. The first-order chi connectivity index (χ1) is 9.52. The van der Waals surface area contributed by atoms with Crippen molar-refractivity contribution in [2.75, 3.05) is 6.54 Å². The van der Waals surface area contributed by atoms with E-state index in [1.54, 1.807) is 0 Å². The third-order valence-electron chi connectivity index (χ3n) is 3.14. The molecule has 1 aromatic carbocycles. The standard InChI is InChI=1S/C14H16BrCl2N3/c1-3-18-13(14-10(15)8-19-20(14)2)7-9-4-5-11(16)12(17)6-9/h4-6,8,13,18H,3,7H2,1-2H3. The van der Waals surface area contributed by atoms with Crippen molar-refractivity contribution in [1.29, 1.82) is 0 Å². The molecule has 1 heterocycles. The van der Waals surface area contributed by atoms with Gasteiger partial charge in [0.2, 0.25) is 0 Å². The quantitative estimate of drug-likeness (QED) is 0.838. The second-order valence-electron chi connectivity index (χ2n) is 4.56. The van der Waals surface area contributed by atoms with Crippen LogP contribution < -0.4 is 5.32 Å². The minimum Gasteiger partial charge on any atom is -0.309 e. The average Bonchev–Trinajstić information content (AvgIpc) is 2.73. The molecule has 6 heteroatoms. The lowest BCUT2D eigenvalue weighted by Gasteiger charge is -2.19. The highest BCUT2D eigenvalue weighted by Gasteiger charge is 2.18. The molecule has 0 aliphatic carbocycles. The van der Waals surface area contributed by atoms with Gasteiger partial charge in [-0.05, 0) is 46.6 Å². The van der Waals surface area contributed by atoms with E-state index in [4.69, 9.17) is 23.2 Å². The number of nitrogens with one attached hydrogen (secondary N) is 1. The molecule has 0 aliphatic rings. The van der Waals surface area contributed by atoms with Gasteiger partial charge in [-0.25, -0.2) is 0 Å². The van der Waals surface area contributed by atoms with Gasteiger partial charge in [-0.1, -0.05) is 36.2 Å². The Hall–Kier alpha value is -0.550. The van der Waals surface area contributed by atoms with Gasteiger partial charge in [0.05, 0.1) is 32.5 Å². The van der Waals surface area contributed by atoms with Crippen molar-refractivity contribution in [3.63, 3.8) is 0 Å². The molecule has 3 nitrogen and oxygen atoms in total. The van der Waals surface area contributed by atoms with Gasteiger partial charge in [-0.2, -0.15) is 5.10 Å². The van der Waals surface area contributed by atoms with Crippen molar-refractivity contribution in [1.82, 2.24) is 15.1 Å². The molecule has 2 aromatic rings. The molecule has 0 aliphatic heterocycles. The zero-order valence-corrected chi connectivity index (χ0v) is 14.4. The van der Waals surface area contributed by atoms with E-state index in [1.165, 1.54) is 0 Å². The van der Waals surface area contributed by atoms with Gasteiger partial charge >= 0.3 is 0 Å². The van der Waals surface area contributed by atoms with Crippen LogP contribution in [0.25, 0.3) is 0 Å². The van der Waals surface area contributed by atoms with E-state index in [0.717, 1.165) is 28.7 Å². The van der Waals surface area contributed by atoms with Crippen LogP contribution in [0, 0.1) is 0 Å². The maximum Gasteiger partial charge on any atom is 0.0695 e. The van der Waals surface area contributed by atoms with E-state index in [1.807, 2.05) is 36.1 Å². The number of aryl methyl sites for hydroxylation is 1. The lowest BCUT2D eigenvalue weighted by molar-refractivity contribution is 0.506. The fourth-order valence-corrected chi connectivity index (χ4v) is 3.17. The monoisotopic (exact) mass is 375 g/mol. The number of hydrogen-bond donors (Lipinski definition) is 1. The highest BCUT2D eigenvalue weighted by Crippen LogP contribution is 2.28. The number of aromatic nitrogens is 2. The smallest absolute Gasteiger partial charge is 0.0695 e. The molecule has 1 aromatic heterocycles. The lowest BCUT2D eigenvalue weighted by Crippen LogP contribution is -2.25. The van der Waals surface area contributed by atoms with Gasteiger partial charge in [0.15, 0.2) is 0 Å². The van der Waals surface area contributed by atoms with E-state index in [0.29, 0.717) is 10.0 Å². The first-order valence-corrected chi connectivity index (χ1v) is 7.92. The van der Waals surface area contributed by atoms with Crippen molar-refractivity contribution in [3.8, 4) is 0 Å². The van der Waals surface area contributed by atoms with Crippen molar-refractivity contribution in [2.45, 2.75) is 19.4 Å². The van der Waals surface area contributed by atoms with Crippen LogP contribution in [0.1, 0.15) is 24.2 Å². The highest BCUT2D eigenvalue weighted by molar-refractivity contribution is 9.10. The molecule has 1 unspecified atom stereocenters. The van der Waals surface area contributed by atoms with Crippen molar-refractivity contribution in [3.05, 3.63) is 50.2 Å². The van der Waals surface area contributed by atoms with E-state index in [2.05, 4.69) is 33.3 Å². The summed E-state index contributed by atoms with van der Waals surface area (Å²) in [6, 6.07) is 5.92. The van der Waals surface area contributed by atoms with E-state index >= 15 is 0 Å². The molecule has 0 bridgehead atoms. The van der Waals surface area contributed by atoms with Crippen LogP contribution in [0.5, 0.6) is 0 Å². The number of benzene rings is 1. The van der Waals surface area contributed by atoms with Gasteiger partial charge in [-0.3, -0.25) is 4.68 Å². The van der Waals surface area contributed by atoms with Crippen molar-refractivity contribution >= 4 is 39.1 Å². The maximum atomic E-state index is 6.08. The molecule has 0 saturated heterocycles. The van der Waals surface area contributed by atoms with Crippen LogP contribution in [0.4, 0.5) is 0 Å². The summed E-state index contributed by atoms with van der Waals surface area (Å²) in [7, 11) is 1.94. The van der Waals surface area contributed by atoms with E-state index in [9.17, 15) is 0 Å². The predicted octanol–water partition coefficient (Wildman–Crippen LogP) is 4.38. The Balaban J connectivity index is 2.28. The molecule has 2 rings (SSSR count). The summed E-state index contributed by atoms with van der Waals surface area (Å²) >= 11 is 15.6. The summed E-state index contributed by atoms with van der Waals surface area (Å²) in [4.78, 5) is 0. The van der Waals surface area contributed by atoms with Crippen LogP contribution in [-0.2, 0) is 13.5 Å². The fourth-order valence-electron chi connectivity index (χ4n) is 2.23. The van der Waals surface area contributed by atoms with Gasteiger partial charge in [-0.15, -0.1) is 0 Å². The number of halogens is 3. The molecule has 0 spiro atoms. The molecule has 20 heavy (non-hydrogen) atoms. The van der Waals surface area contributed by atoms with Crippen molar-refractivity contribution in [2.24, 2.45) is 7.05 Å². The summed E-state index contributed by atoms with van der Waals surface area (Å²) in [5.74, 6) is 0. The molecule has 0 fully saturated rings. The van der Waals surface area contributed by atoms with Gasteiger partial charge in [0.25, 0.3) is 0 Å². The Morgan fingerprint density at radius 2 is 2.10 bits per heavy atom. The van der Waals surface area contributed by atoms with Crippen molar-refractivity contribution < 1.29 is 0 Å². The zero-order chi connectivity index (χ0) is 14.7. The van der Waals surface area contributed by atoms with E-state index in [-0.39, 0.29) is 6.04 Å². The van der Waals surface area contributed by atoms with Gasteiger partial charge in [0, 0.05) is 7.05 Å². The number of nitrogens with zero attached hydrogens (tertiary/aromatic N) is 2. The molecule has 1 atom stereocenters. The van der Waals surface area contributed by atoms with E-state index < -0.39 is 0 Å². The van der Waals surface area contributed by atoms with Crippen LogP contribution in [0.3, 0.4) is 0 Å². The number of hydrogen-bond acceptors (Lipinski definition) is 2. The minimum atomic E-state index is 0.166. The summed E-state index contributed by atoms with van der Waals surface area (Å²) in [5, 5.41) is 8.92. The largest absolute Gasteiger partial charge is 0.309 e. The molecule has 0 saturated carbocycles. The third kappa shape index (κ3) is 3.55. The number of rotatable bonds is 5. The first kappa shape index (κ1) is 15.8. The Bertz CT molecular complexity index is 579. The topological polar surface area (TPSA) is 29.9 Å². The van der Waals surface area contributed by atoms with Gasteiger partial charge in [0.1, 0.15) is 0 Å². The molecule has 0 amide bonds. The van der Waals surface area contributed by atoms with Gasteiger partial charge < -0.3 is 5.32 Å². The second-order valence-corrected chi connectivity index (χ2v) is 6.23. The lowest BCUT2D eigenvalue weighted by atomic mass is 10.0. The Morgan fingerprint density at radius 3 is 2.65 bits per heavy atom. The molecular weight excluding hydrogens is 361 g/mol. The third-order valence-corrected chi connectivity index (χ3v) is 4.49. The average molecular weight is 377 g/mol. The fraction of sp³-hybridized carbons (Fsp3) is 0.357. The SMILES string of the molecule is CCNC(Cc1ccc(Cl)c(Cl)c1)c1c(Br)cnn1C. The first-order valence-electron chi connectivity index (χ1n) is 6.37. The predicted molar refractivity (Wildman–Crippen MR) is 87.5 cm³/mol. The Labute approximate surface area is 137 Å². The Morgan fingerprint density at radius 1 is 1.35 bits per heavy atom. The molecule has 108 valence electrons. The van der Waals surface area contributed by atoms with Crippen LogP contribution in [0.15, 0.2) is 28.9 Å². The zero-order valence-electron chi connectivity index (χ0n) is 11.3. The molecular formula is C14H16BrCl2N3. The van der Waals surface area contributed by atoms with Crippen LogP contribution in [0.2, 0.25) is 10.0 Å². The molecule has 0 radical (unpaired) electrons. The van der Waals surface area contributed by atoms with Crippen LogP contribution >= 0.6 is 39.1 Å². The summed E-state index contributed by atoms with van der Waals surface area (Å²) in [6.45, 7) is 2.97. The second kappa shape index (κ2) is 6.94. The minimum absolute atomic E-state index is 0.166.